The Hall–Kier alpha value is -1.06. The third-order valence-corrected chi connectivity index (χ3v) is 3.28. The maximum atomic E-state index is 10.9. The van der Waals surface area contributed by atoms with Crippen LogP contribution in [-0.2, 0) is 14.3 Å². The zero-order valence-corrected chi connectivity index (χ0v) is 12.3. The molecule has 0 rings (SSSR count). The first-order chi connectivity index (χ1) is 9.16. The molecule has 19 heavy (non-hydrogen) atoms. The highest BCUT2D eigenvalue weighted by atomic mass is 16.5. The quantitative estimate of drug-likeness (QED) is 0.412. The van der Waals surface area contributed by atoms with E-state index < -0.39 is 0 Å². The summed E-state index contributed by atoms with van der Waals surface area (Å²) in [6.45, 7) is 0. The number of hydrogen-bond acceptors (Lipinski definition) is 3. The van der Waals surface area contributed by atoms with Crippen molar-refractivity contribution >= 4 is 11.9 Å². The highest BCUT2D eigenvalue weighted by Gasteiger charge is 1.99. The summed E-state index contributed by atoms with van der Waals surface area (Å²) in [6, 6.07) is 0. The van der Waals surface area contributed by atoms with Gasteiger partial charge in [-0.15, -0.1) is 0 Å². The van der Waals surface area contributed by atoms with Crippen molar-refractivity contribution in [2.24, 2.45) is 5.73 Å². The summed E-state index contributed by atoms with van der Waals surface area (Å²) in [5.74, 6) is -0.289. The van der Waals surface area contributed by atoms with Gasteiger partial charge in [-0.05, 0) is 12.8 Å². The van der Waals surface area contributed by atoms with Crippen LogP contribution in [0.1, 0.15) is 77.0 Å². The number of hydrogen-bond donors (Lipinski definition) is 1. The normalized spacial score (nSPS) is 10.4. The maximum Gasteiger partial charge on any atom is 0.305 e. The Bertz CT molecular complexity index is 242. The molecule has 0 aliphatic rings. The Kier molecular flexibility index (Phi) is 12.6. The predicted molar refractivity (Wildman–Crippen MR) is 76.6 cm³/mol. The molecule has 0 aliphatic carbocycles. The molecule has 0 atom stereocenters. The van der Waals surface area contributed by atoms with Crippen molar-refractivity contribution in [3.63, 3.8) is 0 Å². The van der Waals surface area contributed by atoms with Gasteiger partial charge in [0.1, 0.15) is 0 Å². The van der Waals surface area contributed by atoms with Crippen LogP contribution in [0.15, 0.2) is 0 Å². The van der Waals surface area contributed by atoms with E-state index in [1.165, 1.54) is 45.6 Å². The number of primary amides is 1. The van der Waals surface area contributed by atoms with Crippen molar-refractivity contribution in [2.45, 2.75) is 77.0 Å². The Morgan fingerprint density at radius 1 is 0.737 bits per heavy atom. The number of nitrogens with two attached hydrogens (primary N) is 1. The molecule has 0 spiro atoms. The van der Waals surface area contributed by atoms with Crippen LogP contribution in [0.4, 0.5) is 0 Å². The van der Waals surface area contributed by atoms with Gasteiger partial charge < -0.3 is 10.5 Å². The second-order valence-corrected chi connectivity index (χ2v) is 5.08. The molecule has 0 aromatic rings. The highest BCUT2D eigenvalue weighted by Crippen LogP contribution is 2.12. The van der Waals surface area contributed by atoms with Crippen molar-refractivity contribution in [2.75, 3.05) is 7.11 Å². The van der Waals surface area contributed by atoms with E-state index >= 15 is 0 Å². The molecule has 0 aliphatic heterocycles. The molecule has 0 saturated carbocycles. The largest absolute Gasteiger partial charge is 0.469 e. The summed E-state index contributed by atoms with van der Waals surface area (Å²) in [5, 5.41) is 0. The van der Waals surface area contributed by atoms with Gasteiger partial charge in [0.05, 0.1) is 7.11 Å². The van der Waals surface area contributed by atoms with Gasteiger partial charge in [-0.3, -0.25) is 9.59 Å². The smallest absolute Gasteiger partial charge is 0.305 e. The summed E-state index contributed by atoms with van der Waals surface area (Å²) < 4.78 is 4.59. The number of rotatable bonds is 13. The lowest BCUT2D eigenvalue weighted by Crippen LogP contribution is -2.09. The lowest BCUT2D eigenvalue weighted by atomic mass is 10.1. The molecule has 112 valence electrons. The lowest BCUT2D eigenvalue weighted by molar-refractivity contribution is -0.140. The van der Waals surface area contributed by atoms with Gasteiger partial charge in [-0.1, -0.05) is 51.4 Å². The first-order valence-electron chi connectivity index (χ1n) is 7.52. The fourth-order valence-corrected chi connectivity index (χ4v) is 2.08. The van der Waals surface area contributed by atoms with E-state index in [0.29, 0.717) is 12.8 Å². The van der Waals surface area contributed by atoms with Crippen LogP contribution in [0.5, 0.6) is 0 Å². The molecule has 4 heteroatoms. The molecular formula is C15H29NO3. The molecule has 4 nitrogen and oxygen atoms in total. The van der Waals surface area contributed by atoms with E-state index in [4.69, 9.17) is 5.73 Å². The minimum Gasteiger partial charge on any atom is -0.469 e. The minimum absolute atomic E-state index is 0.101. The first kappa shape index (κ1) is 17.9. The molecular weight excluding hydrogens is 242 g/mol. The summed E-state index contributed by atoms with van der Waals surface area (Å²) in [6.07, 6.45) is 12.6. The van der Waals surface area contributed by atoms with E-state index in [2.05, 4.69) is 4.74 Å². The Morgan fingerprint density at radius 3 is 1.47 bits per heavy atom. The number of amides is 1. The molecule has 0 saturated heterocycles. The van der Waals surface area contributed by atoms with Crippen LogP contribution in [0.3, 0.4) is 0 Å². The summed E-state index contributed by atoms with van der Waals surface area (Å²) >= 11 is 0. The summed E-state index contributed by atoms with van der Waals surface area (Å²) in [5.41, 5.74) is 5.07. The van der Waals surface area contributed by atoms with Gasteiger partial charge in [0.15, 0.2) is 0 Å². The van der Waals surface area contributed by atoms with E-state index in [0.717, 1.165) is 25.7 Å². The topological polar surface area (TPSA) is 69.4 Å². The van der Waals surface area contributed by atoms with Crippen molar-refractivity contribution in [3.05, 3.63) is 0 Å². The van der Waals surface area contributed by atoms with Crippen LogP contribution in [0, 0.1) is 0 Å². The van der Waals surface area contributed by atoms with Gasteiger partial charge in [-0.2, -0.15) is 0 Å². The Balaban J connectivity index is 3.03. The molecule has 0 fully saturated rings. The van der Waals surface area contributed by atoms with Crippen molar-refractivity contribution in [3.8, 4) is 0 Å². The predicted octanol–water partition coefficient (Wildman–Crippen LogP) is 3.33. The Labute approximate surface area is 117 Å². The van der Waals surface area contributed by atoms with Crippen molar-refractivity contribution < 1.29 is 14.3 Å². The van der Waals surface area contributed by atoms with Crippen molar-refractivity contribution in [1.82, 2.24) is 0 Å². The SMILES string of the molecule is COC(=O)CCCCCCCCCCCCC(N)=O. The highest BCUT2D eigenvalue weighted by molar-refractivity contribution is 5.73. The van der Waals surface area contributed by atoms with Crippen LogP contribution in [0.25, 0.3) is 0 Å². The standard InChI is InChI=1S/C15H29NO3/c1-19-15(18)13-11-9-7-5-3-2-4-6-8-10-12-14(16)17/h2-13H2,1H3,(H2,16,17). The van der Waals surface area contributed by atoms with Crippen LogP contribution in [-0.4, -0.2) is 19.0 Å². The first-order valence-corrected chi connectivity index (χ1v) is 7.52. The average Bonchev–Trinajstić information content (AvgIpc) is 2.39. The van der Waals surface area contributed by atoms with E-state index in [1.54, 1.807) is 0 Å². The number of methoxy groups -OCH3 is 1. The molecule has 0 heterocycles. The molecule has 0 unspecified atom stereocenters. The fraction of sp³-hybridized carbons (Fsp3) is 0.867. The zero-order chi connectivity index (χ0) is 14.3. The third-order valence-electron chi connectivity index (χ3n) is 3.28. The number of esters is 1. The van der Waals surface area contributed by atoms with E-state index in [9.17, 15) is 9.59 Å². The van der Waals surface area contributed by atoms with Gasteiger partial charge in [0.25, 0.3) is 0 Å². The van der Waals surface area contributed by atoms with Crippen molar-refractivity contribution in [1.29, 1.82) is 0 Å². The molecule has 0 bridgehead atoms. The molecule has 1 amide bonds. The van der Waals surface area contributed by atoms with E-state index in [-0.39, 0.29) is 11.9 Å². The molecule has 0 aromatic carbocycles. The number of ether oxygens (including phenoxy) is 1. The molecule has 0 radical (unpaired) electrons. The van der Waals surface area contributed by atoms with E-state index in [1.807, 2.05) is 0 Å². The van der Waals surface area contributed by atoms with Crippen LogP contribution in [0.2, 0.25) is 0 Å². The number of carbonyl (C=O) groups is 2. The molecule has 2 N–H and O–H groups in total. The lowest BCUT2D eigenvalue weighted by Gasteiger charge is -2.02. The van der Waals surface area contributed by atoms with Gasteiger partial charge in [0, 0.05) is 12.8 Å². The monoisotopic (exact) mass is 271 g/mol. The fourth-order valence-electron chi connectivity index (χ4n) is 2.08. The van der Waals surface area contributed by atoms with Gasteiger partial charge in [0.2, 0.25) is 5.91 Å². The third kappa shape index (κ3) is 14.9. The summed E-state index contributed by atoms with van der Waals surface area (Å²) in [7, 11) is 1.44. The number of unbranched alkanes of at least 4 members (excludes halogenated alkanes) is 9. The zero-order valence-electron chi connectivity index (χ0n) is 12.3. The second-order valence-electron chi connectivity index (χ2n) is 5.08. The number of carbonyl (C=O) groups excluding carboxylic acids is 2. The Morgan fingerprint density at radius 2 is 1.11 bits per heavy atom. The van der Waals surface area contributed by atoms with Gasteiger partial charge >= 0.3 is 5.97 Å². The maximum absolute atomic E-state index is 10.9. The molecule has 0 aromatic heterocycles. The minimum atomic E-state index is -0.188. The average molecular weight is 271 g/mol. The second kappa shape index (κ2) is 13.4. The summed E-state index contributed by atoms with van der Waals surface area (Å²) in [4.78, 5) is 21.4. The van der Waals surface area contributed by atoms with Crippen LogP contribution >= 0.6 is 0 Å². The van der Waals surface area contributed by atoms with Gasteiger partial charge in [-0.25, -0.2) is 0 Å². The van der Waals surface area contributed by atoms with Crippen LogP contribution < -0.4 is 5.73 Å².